The van der Waals surface area contributed by atoms with E-state index in [1.54, 1.807) is 0 Å². The molecule has 1 aliphatic rings. The molecule has 0 spiro atoms. The molecule has 0 amide bonds. The van der Waals surface area contributed by atoms with Crippen LogP contribution < -0.4 is 0 Å². The van der Waals surface area contributed by atoms with Gasteiger partial charge in [0.1, 0.15) is 0 Å². The predicted octanol–water partition coefficient (Wildman–Crippen LogP) is 2.50. The molecule has 0 radical (unpaired) electrons. The molecule has 4 nitrogen and oxygen atoms in total. The molecule has 1 aromatic rings. The molecule has 1 saturated heterocycles. The van der Waals surface area contributed by atoms with E-state index in [4.69, 9.17) is 11.6 Å². The molecule has 1 N–H and O–H groups in total. The highest BCUT2D eigenvalue weighted by Crippen LogP contribution is 2.38. The van der Waals surface area contributed by atoms with Crippen LogP contribution in [0.4, 0.5) is 13.2 Å². The van der Waals surface area contributed by atoms with Crippen LogP contribution in [0, 0.1) is 0 Å². The first-order valence-electron chi connectivity index (χ1n) is 6.03. The van der Waals surface area contributed by atoms with E-state index in [9.17, 15) is 26.7 Å². The average Bonchev–Trinajstić information content (AvgIpc) is 2.69. The Labute approximate surface area is 125 Å². The van der Waals surface area contributed by atoms with Crippen molar-refractivity contribution in [3.8, 4) is 0 Å². The normalized spacial score (nSPS) is 24.5. The average molecular weight is 344 g/mol. The monoisotopic (exact) mass is 343 g/mol. The first-order valence-corrected chi connectivity index (χ1v) is 7.85. The third kappa shape index (κ3) is 3.33. The molecule has 1 aliphatic heterocycles. The van der Waals surface area contributed by atoms with Crippen molar-refractivity contribution < 1.29 is 26.7 Å². The number of hydrogen-bond acceptors (Lipinski definition) is 3. The molecule has 21 heavy (non-hydrogen) atoms. The van der Waals surface area contributed by atoms with E-state index in [1.807, 2.05) is 0 Å². The number of aliphatic hydroxyl groups is 1. The number of nitrogens with zero attached hydrogens (tertiary/aromatic N) is 1. The van der Waals surface area contributed by atoms with Crippen LogP contribution in [0.15, 0.2) is 23.1 Å². The van der Waals surface area contributed by atoms with Crippen LogP contribution in [0.2, 0.25) is 5.02 Å². The third-order valence-electron chi connectivity index (χ3n) is 3.28. The van der Waals surface area contributed by atoms with Gasteiger partial charge in [-0.05, 0) is 31.5 Å². The first-order chi connectivity index (χ1) is 9.43. The molecule has 1 fully saturated rings. The van der Waals surface area contributed by atoms with Gasteiger partial charge in [0.25, 0.3) is 0 Å². The van der Waals surface area contributed by atoms with Gasteiger partial charge in [0, 0.05) is 18.1 Å². The summed E-state index contributed by atoms with van der Waals surface area (Å²) in [7, 11) is -4.35. The summed E-state index contributed by atoms with van der Waals surface area (Å²) in [5.41, 5.74) is -2.54. The van der Waals surface area contributed by atoms with Crippen LogP contribution in [0.3, 0.4) is 0 Å². The minimum Gasteiger partial charge on any atom is -0.389 e. The van der Waals surface area contributed by atoms with Crippen LogP contribution in [0.1, 0.15) is 18.9 Å². The van der Waals surface area contributed by atoms with Crippen molar-refractivity contribution >= 4 is 21.6 Å². The minimum atomic E-state index is -4.84. The van der Waals surface area contributed by atoms with E-state index < -0.39 is 32.3 Å². The maximum absolute atomic E-state index is 13.0. The van der Waals surface area contributed by atoms with E-state index in [2.05, 4.69) is 0 Å². The zero-order valence-corrected chi connectivity index (χ0v) is 12.6. The van der Waals surface area contributed by atoms with Crippen molar-refractivity contribution in [1.29, 1.82) is 0 Å². The highest BCUT2D eigenvalue weighted by Gasteiger charge is 2.43. The van der Waals surface area contributed by atoms with E-state index >= 15 is 0 Å². The quantitative estimate of drug-likeness (QED) is 0.897. The maximum atomic E-state index is 13.0. The molecule has 1 aromatic carbocycles. The van der Waals surface area contributed by atoms with Crippen LogP contribution in [-0.4, -0.2) is 36.5 Å². The van der Waals surface area contributed by atoms with Gasteiger partial charge < -0.3 is 5.11 Å². The summed E-state index contributed by atoms with van der Waals surface area (Å²) < 4.78 is 64.6. The van der Waals surface area contributed by atoms with E-state index in [-0.39, 0.29) is 24.5 Å². The molecule has 0 saturated carbocycles. The number of rotatable bonds is 2. The highest BCUT2D eigenvalue weighted by atomic mass is 35.5. The van der Waals surface area contributed by atoms with Gasteiger partial charge in [-0.2, -0.15) is 17.5 Å². The summed E-state index contributed by atoms with van der Waals surface area (Å²) in [5.74, 6) is 0. The second-order valence-electron chi connectivity index (χ2n) is 5.22. The van der Waals surface area contributed by atoms with Crippen molar-refractivity contribution in [1.82, 2.24) is 4.31 Å². The van der Waals surface area contributed by atoms with Crippen molar-refractivity contribution in [3.05, 3.63) is 28.8 Å². The van der Waals surface area contributed by atoms with E-state index in [0.29, 0.717) is 6.07 Å². The number of benzene rings is 1. The largest absolute Gasteiger partial charge is 0.417 e. The fraction of sp³-hybridized carbons (Fsp3) is 0.500. The van der Waals surface area contributed by atoms with Gasteiger partial charge in [-0.1, -0.05) is 11.6 Å². The smallest absolute Gasteiger partial charge is 0.389 e. The summed E-state index contributed by atoms with van der Waals surface area (Å²) >= 11 is 5.53. The number of hydrogen-bond donors (Lipinski definition) is 1. The number of β-amino-alcohol motifs (C(OH)–C–C–N with tert-alkyl or cyclic N) is 1. The summed E-state index contributed by atoms with van der Waals surface area (Å²) in [6, 6.07) is 2.52. The Kier molecular flexibility index (Phi) is 4.03. The van der Waals surface area contributed by atoms with Gasteiger partial charge in [0.2, 0.25) is 10.0 Å². The Bertz CT molecular complexity index is 658. The topological polar surface area (TPSA) is 57.6 Å². The van der Waals surface area contributed by atoms with E-state index in [1.165, 1.54) is 6.92 Å². The van der Waals surface area contributed by atoms with E-state index in [0.717, 1.165) is 16.4 Å². The molecule has 9 heteroatoms. The molecule has 2 rings (SSSR count). The van der Waals surface area contributed by atoms with Gasteiger partial charge >= 0.3 is 6.18 Å². The Hall–Kier alpha value is -0.830. The Morgan fingerprint density at radius 3 is 2.48 bits per heavy atom. The maximum Gasteiger partial charge on any atom is 0.417 e. The van der Waals surface area contributed by atoms with Gasteiger partial charge in [-0.25, -0.2) is 8.42 Å². The standard InChI is InChI=1S/C12H13ClF3NO3S/c1-11(18)4-5-17(7-11)21(19,20)10-3-2-8(13)6-9(10)12(14,15)16/h2-3,6,18H,4-5,7H2,1H3. The first kappa shape index (κ1) is 16.5. The van der Waals surface area contributed by atoms with Crippen LogP contribution >= 0.6 is 11.6 Å². The van der Waals surface area contributed by atoms with Gasteiger partial charge in [0.05, 0.1) is 16.1 Å². The molecule has 0 aromatic heterocycles. The van der Waals surface area contributed by atoms with Crippen molar-refractivity contribution in [2.24, 2.45) is 0 Å². The molecule has 0 bridgehead atoms. The SMILES string of the molecule is CC1(O)CCN(S(=O)(=O)c2ccc(Cl)cc2C(F)(F)F)C1. The Balaban J connectivity index is 2.51. The zero-order chi connectivity index (χ0) is 16.1. The second kappa shape index (κ2) is 5.12. The zero-order valence-electron chi connectivity index (χ0n) is 11.0. The molecule has 1 heterocycles. The van der Waals surface area contributed by atoms with Crippen LogP contribution in [0.5, 0.6) is 0 Å². The molecule has 0 aliphatic carbocycles. The molecular formula is C12H13ClF3NO3S. The summed E-state index contributed by atoms with van der Waals surface area (Å²) in [6.07, 6.45) is -4.67. The third-order valence-corrected chi connectivity index (χ3v) is 5.42. The second-order valence-corrected chi connectivity index (χ2v) is 7.57. The minimum absolute atomic E-state index is 0.0325. The highest BCUT2D eigenvalue weighted by molar-refractivity contribution is 7.89. The van der Waals surface area contributed by atoms with Crippen molar-refractivity contribution in [2.45, 2.75) is 30.0 Å². The van der Waals surface area contributed by atoms with Gasteiger partial charge in [-0.3, -0.25) is 0 Å². The van der Waals surface area contributed by atoms with Crippen LogP contribution in [0.25, 0.3) is 0 Å². The summed E-state index contributed by atoms with van der Waals surface area (Å²) in [4.78, 5) is -0.850. The van der Waals surface area contributed by atoms with Crippen LogP contribution in [-0.2, 0) is 16.2 Å². The number of sulfonamides is 1. The lowest BCUT2D eigenvalue weighted by Crippen LogP contribution is -2.34. The lowest BCUT2D eigenvalue weighted by atomic mass is 10.1. The number of halogens is 4. The fourth-order valence-corrected chi connectivity index (χ4v) is 4.12. The molecular weight excluding hydrogens is 331 g/mol. The predicted molar refractivity (Wildman–Crippen MR) is 70.5 cm³/mol. The fourth-order valence-electron chi connectivity index (χ4n) is 2.20. The molecule has 1 atom stereocenters. The van der Waals surface area contributed by atoms with Crippen molar-refractivity contribution in [3.63, 3.8) is 0 Å². The molecule has 1 unspecified atom stereocenters. The molecule has 118 valence electrons. The van der Waals surface area contributed by atoms with Crippen molar-refractivity contribution in [2.75, 3.05) is 13.1 Å². The number of alkyl halides is 3. The summed E-state index contributed by atoms with van der Waals surface area (Å²) in [5, 5.41) is 9.60. The lowest BCUT2D eigenvalue weighted by molar-refractivity contribution is -0.139. The van der Waals surface area contributed by atoms with Gasteiger partial charge in [-0.15, -0.1) is 0 Å². The Morgan fingerprint density at radius 2 is 2.00 bits per heavy atom. The lowest BCUT2D eigenvalue weighted by Gasteiger charge is -2.21. The summed E-state index contributed by atoms with van der Waals surface area (Å²) in [6.45, 7) is 1.17. The Morgan fingerprint density at radius 1 is 1.38 bits per heavy atom. The van der Waals surface area contributed by atoms with Gasteiger partial charge in [0.15, 0.2) is 0 Å².